The number of rotatable bonds is 3. The molecule has 0 aliphatic heterocycles. The molecule has 1 fully saturated rings. The Balaban J connectivity index is 2.14. The Kier molecular flexibility index (Phi) is 3.65. The number of aliphatic hydroxyl groups excluding tert-OH is 1. The molecule has 0 aromatic heterocycles. The van der Waals surface area contributed by atoms with Gasteiger partial charge in [0.2, 0.25) is 0 Å². The van der Waals surface area contributed by atoms with Crippen LogP contribution in [0, 0.1) is 0 Å². The van der Waals surface area contributed by atoms with Gasteiger partial charge in [0.05, 0.1) is 5.60 Å². The van der Waals surface area contributed by atoms with E-state index in [0.717, 1.165) is 37.7 Å². The normalized spacial score (nSPS) is 20.8. The fourth-order valence-electron chi connectivity index (χ4n) is 2.55. The van der Waals surface area contributed by atoms with Crippen molar-refractivity contribution in [1.29, 1.82) is 0 Å². The Morgan fingerprint density at radius 3 is 2.29 bits per heavy atom. The highest BCUT2D eigenvalue weighted by atomic mass is 16.3. The van der Waals surface area contributed by atoms with E-state index in [1.165, 1.54) is 0 Å². The van der Waals surface area contributed by atoms with E-state index < -0.39 is 11.7 Å². The molecule has 1 unspecified atom stereocenters. The molecule has 2 nitrogen and oxygen atoms in total. The second kappa shape index (κ2) is 5.03. The van der Waals surface area contributed by atoms with Gasteiger partial charge < -0.3 is 10.2 Å². The Labute approximate surface area is 103 Å². The summed E-state index contributed by atoms with van der Waals surface area (Å²) in [5.41, 5.74) is 0.466. The first kappa shape index (κ1) is 12.3. The summed E-state index contributed by atoms with van der Waals surface area (Å²) in [6.45, 7) is 3.93. The summed E-state index contributed by atoms with van der Waals surface area (Å²) >= 11 is 0. The van der Waals surface area contributed by atoms with Gasteiger partial charge in [-0.05, 0) is 24.0 Å². The average Bonchev–Trinajstić information content (AvgIpc) is 2.39. The summed E-state index contributed by atoms with van der Waals surface area (Å²) in [6, 6.07) is 9.41. The van der Waals surface area contributed by atoms with E-state index in [9.17, 15) is 10.2 Å². The maximum absolute atomic E-state index is 10.5. The van der Waals surface area contributed by atoms with Gasteiger partial charge in [-0.2, -0.15) is 0 Å². The van der Waals surface area contributed by atoms with Gasteiger partial charge >= 0.3 is 0 Å². The van der Waals surface area contributed by atoms with Crippen molar-refractivity contribution in [2.24, 2.45) is 0 Å². The van der Waals surface area contributed by atoms with Gasteiger partial charge in [0.1, 0.15) is 6.10 Å². The monoisotopic (exact) mass is 232 g/mol. The third kappa shape index (κ3) is 2.59. The fraction of sp³-hybridized carbons (Fsp3) is 0.467. The van der Waals surface area contributed by atoms with Crippen LogP contribution >= 0.6 is 0 Å². The van der Waals surface area contributed by atoms with Gasteiger partial charge in [0, 0.05) is 0 Å². The van der Waals surface area contributed by atoms with E-state index in [1.807, 2.05) is 30.3 Å². The first-order chi connectivity index (χ1) is 8.13. The standard InChI is InChI=1S/C15H20O2/c1-12(15(17)10-6-3-7-11-15)14(16)13-8-4-2-5-9-13/h2,4-5,8-9,14,16-17H,1,3,6-7,10-11H2. The van der Waals surface area contributed by atoms with E-state index in [1.54, 1.807) is 0 Å². The van der Waals surface area contributed by atoms with Crippen LogP contribution in [0.15, 0.2) is 42.5 Å². The van der Waals surface area contributed by atoms with Crippen molar-refractivity contribution >= 4 is 0 Å². The molecule has 1 aromatic rings. The van der Waals surface area contributed by atoms with Crippen LogP contribution in [0.4, 0.5) is 0 Å². The molecule has 2 heteroatoms. The van der Waals surface area contributed by atoms with Crippen molar-refractivity contribution in [1.82, 2.24) is 0 Å². The molecule has 0 saturated heterocycles. The van der Waals surface area contributed by atoms with Crippen LogP contribution in [0.25, 0.3) is 0 Å². The number of hydrogen-bond donors (Lipinski definition) is 2. The van der Waals surface area contributed by atoms with Gasteiger partial charge in [-0.1, -0.05) is 56.2 Å². The van der Waals surface area contributed by atoms with E-state index >= 15 is 0 Å². The molecule has 17 heavy (non-hydrogen) atoms. The van der Waals surface area contributed by atoms with Crippen molar-refractivity contribution in [2.45, 2.75) is 43.8 Å². The van der Waals surface area contributed by atoms with E-state index in [2.05, 4.69) is 6.58 Å². The quantitative estimate of drug-likeness (QED) is 0.787. The summed E-state index contributed by atoms with van der Waals surface area (Å²) in [6.07, 6.45) is 3.86. The van der Waals surface area contributed by atoms with Crippen molar-refractivity contribution in [3.05, 3.63) is 48.0 Å². The van der Waals surface area contributed by atoms with Crippen LogP contribution in [-0.2, 0) is 0 Å². The van der Waals surface area contributed by atoms with Crippen molar-refractivity contribution in [2.75, 3.05) is 0 Å². The average molecular weight is 232 g/mol. The highest BCUT2D eigenvalue weighted by Gasteiger charge is 2.35. The zero-order chi connectivity index (χ0) is 12.3. The van der Waals surface area contributed by atoms with Crippen molar-refractivity contribution in [3.63, 3.8) is 0 Å². The van der Waals surface area contributed by atoms with Gasteiger partial charge in [0.25, 0.3) is 0 Å². The molecule has 0 heterocycles. The SMILES string of the molecule is C=C(C(O)c1ccccc1)C1(O)CCCCC1. The van der Waals surface area contributed by atoms with Crippen molar-refractivity contribution in [3.8, 4) is 0 Å². The summed E-state index contributed by atoms with van der Waals surface area (Å²) in [5.74, 6) is 0. The van der Waals surface area contributed by atoms with Crippen LogP contribution in [0.2, 0.25) is 0 Å². The number of benzene rings is 1. The highest BCUT2D eigenvalue weighted by molar-refractivity contribution is 5.29. The summed E-state index contributed by atoms with van der Waals surface area (Å²) in [4.78, 5) is 0. The first-order valence-corrected chi connectivity index (χ1v) is 6.28. The van der Waals surface area contributed by atoms with E-state index in [-0.39, 0.29) is 0 Å². The molecular formula is C15H20O2. The van der Waals surface area contributed by atoms with Gasteiger partial charge in [-0.15, -0.1) is 0 Å². The molecule has 0 spiro atoms. The Bertz CT molecular complexity index is 377. The lowest BCUT2D eigenvalue weighted by Crippen LogP contribution is -2.35. The molecular weight excluding hydrogens is 212 g/mol. The van der Waals surface area contributed by atoms with Crippen LogP contribution in [-0.4, -0.2) is 15.8 Å². The second-order valence-corrected chi connectivity index (χ2v) is 4.93. The van der Waals surface area contributed by atoms with Gasteiger partial charge in [-0.25, -0.2) is 0 Å². The third-order valence-corrected chi connectivity index (χ3v) is 3.72. The zero-order valence-corrected chi connectivity index (χ0v) is 10.1. The van der Waals surface area contributed by atoms with Crippen LogP contribution in [0.5, 0.6) is 0 Å². The van der Waals surface area contributed by atoms with Crippen molar-refractivity contribution < 1.29 is 10.2 Å². The fourth-order valence-corrected chi connectivity index (χ4v) is 2.55. The molecule has 1 aliphatic rings. The zero-order valence-electron chi connectivity index (χ0n) is 10.1. The molecule has 0 radical (unpaired) electrons. The molecule has 2 N–H and O–H groups in total. The largest absolute Gasteiger partial charge is 0.385 e. The molecule has 1 saturated carbocycles. The molecule has 1 aromatic carbocycles. The van der Waals surface area contributed by atoms with E-state index in [4.69, 9.17) is 0 Å². The summed E-state index contributed by atoms with van der Waals surface area (Å²) in [7, 11) is 0. The minimum Gasteiger partial charge on any atom is -0.385 e. The molecule has 92 valence electrons. The van der Waals surface area contributed by atoms with E-state index in [0.29, 0.717) is 5.57 Å². The molecule has 0 bridgehead atoms. The van der Waals surface area contributed by atoms with Gasteiger partial charge in [0.15, 0.2) is 0 Å². The minimum absolute atomic E-state index is 0.545. The third-order valence-electron chi connectivity index (χ3n) is 3.72. The number of hydrogen-bond acceptors (Lipinski definition) is 2. The highest BCUT2D eigenvalue weighted by Crippen LogP contribution is 2.38. The summed E-state index contributed by atoms with van der Waals surface area (Å²) in [5, 5.41) is 20.8. The Morgan fingerprint density at radius 1 is 1.12 bits per heavy atom. The summed E-state index contributed by atoms with van der Waals surface area (Å²) < 4.78 is 0. The first-order valence-electron chi connectivity index (χ1n) is 6.28. The lowest BCUT2D eigenvalue weighted by Gasteiger charge is -2.36. The molecule has 2 rings (SSSR count). The second-order valence-electron chi connectivity index (χ2n) is 4.93. The van der Waals surface area contributed by atoms with Crippen LogP contribution in [0.3, 0.4) is 0 Å². The topological polar surface area (TPSA) is 40.5 Å². The predicted octanol–water partition coefficient (Wildman–Crippen LogP) is 2.97. The molecule has 1 aliphatic carbocycles. The van der Waals surface area contributed by atoms with Crippen LogP contribution < -0.4 is 0 Å². The predicted molar refractivity (Wildman–Crippen MR) is 68.6 cm³/mol. The lowest BCUT2D eigenvalue weighted by molar-refractivity contribution is 0.0163. The molecule has 0 amide bonds. The Morgan fingerprint density at radius 2 is 1.71 bits per heavy atom. The maximum atomic E-state index is 10.5. The Hall–Kier alpha value is -1.12. The smallest absolute Gasteiger partial charge is 0.103 e. The molecule has 1 atom stereocenters. The maximum Gasteiger partial charge on any atom is 0.103 e. The van der Waals surface area contributed by atoms with Crippen LogP contribution in [0.1, 0.15) is 43.8 Å². The lowest BCUT2D eigenvalue weighted by atomic mass is 9.77. The number of aliphatic hydroxyl groups is 2. The minimum atomic E-state index is -0.881. The van der Waals surface area contributed by atoms with Gasteiger partial charge in [-0.3, -0.25) is 0 Å².